The van der Waals surface area contributed by atoms with Crippen LogP contribution >= 0.6 is 0 Å². The topological polar surface area (TPSA) is 24.9 Å². The van der Waals surface area contributed by atoms with Gasteiger partial charge in [-0.15, -0.1) is 0 Å². The van der Waals surface area contributed by atoms with Gasteiger partial charge in [0.25, 0.3) is 0 Å². The Morgan fingerprint density at radius 3 is 2.59 bits per heavy atom. The van der Waals surface area contributed by atoms with Gasteiger partial charge < -0.3 is 5.32 Å². The quantitative estimate of drug-likeness (QED) is 0.651. The Morgan fingerprint density at radius 1 is 1.09 bits per heavy atom. The summed E-state index contributed by atoms with van der Waals surface area (Å²) in [6, 6.07) is 9.08. The number of aryl methyl sites for hydroxylation is 1. The summed E-state index contributed by atoms with van der Waals surface area (Å²) in [5.74, 6) is 0.900. The van der Waals surface area contributed by atoms with Gasteiger partial charge in [-0.05, 0) is 43.9 Å². The summed E-state index contributed by atoms with van der Waals surface area (Å²) in [7, 11) is 0. The molecule has 0 aliphatic heterocycles. The first-order valence-electron chi connectivity index (χ1n) is 8.76. The third-order valence-electron chi connectivity index (χ3n) is 4.70. The van der Waals surface area contributed by atoms with E-state index in [0.29, 0.717) is 6.04 Å². The molecule has 1 N–H and O–H groups in total. The van der Waals surface area contributed by atoms with Crippen LogP contribution in [0.15, 0.2) is 30.5 Å². The molecule has 0 saturated heterocycles. The number of anilines is 1. The molecule has 1 aromatic carbocycles. The monoisotopic (exact) mass is 298 g/mol. The van der Waals surface area contributed by atoms with E-state index in [0.717, 1.165) is 11.4 Å². The van der Waals surface area contributed by atoms with Crippen LogP contribution in [0.2, 0.25) is 0 Å². The number of pyridine rings is 1. The third kappa shape index (κ3) is 4.46. The first-order chi connectivity index (χ1) is 10.6. The molecule has 2 heteroatoms. The van der Waals surface area contributed by atoms with Crippen LogP contribution in [-0.4, -0.2) is 11.0 Å². The van der Waals surface area contributed by atoms with Crippen LogP contribution in [0.25, 0.3) is 10.9 Å². The Labute approximate surface area is 135 Å². The number of benzene rings is 1. The van der Waals surface area contributed by atoms with Gasteiger partial charge in [0.05, 0.1) is 5.52 Å². The second-order valence-corrected chi connectivity index (χ2v) is 6.54. The molecule has 0 radical (unpaired) electrons. The van der Waals surface area contributed by atoms with Crippen molar-refractivity contribution in [3.05, 3.63) is 36.0 Å². The number of hydrogen-bond acceptors (Lipinski definition) is 2. The lowest BCUT2D eigenvalue weighted by atomic mass is 9.95. The van der Waals surface area contributed by atoms with Crippen LogP contribution in [0.3, 0.4) is 0 Å². The highest BCUT2D eigenvalue weighted by Crippen LogP contribution is 2.24. The Balaban J connectivity index is 1.95. The second-order valence-electron chi connectivity index (χ2n) is 6.54. The molecule has 0 bridgehead atoms. The van der Waals surface area contributed by atoms with E-state index in [-0.39, 0.29) is 0 Å². The fourth-order valence-electron chi connectivity index (χ4n) is 3.13. The van der Waals surface area contributed by atoms with Gasteiger partial charge in [-0.25, -0.2) is 0 Å². The predicted octanol–water partition coefficient (Wildman–Crippen LogP) is 5.95. The van der Waals surface area contributed by atoms with Gasteiger partial charge in [-0.3, -0.25) is 4.98 Å². The molecular formula is C20H30N2. The highest BCUT2D eigenvalue weighted by Gasteiger charge is 2.08. The molecule has 1 aromatic heterocycles. The summed E-state index contributed by atoms with van der Waals surface area (Å²) in [6.07, 6.45) is 8.42. The lowest BCUT2D eigenvalue weighted by Crippen LogP contribution is -2.15. The van der Waals surface area contributed by atoms with Crippen molar-refractivity contribution in [1.82, 2.24) is 4.98 Å². The minimum absolute atomic E-state index is 0.501. The fourth-order valence-corrected chi connectivity index (χ4v) is 3.13. The summed E-state index contributed by atoms with van der Waals surface area (Å²) in [5.41, 5.74) is 3.55. The highest BCUT2D eigenvalue weighted by atomic mass is 14.9. The molecule has 0 fully saturated rings. The number of nitrogens with zero attached hydrogens (tertiary/aromatic N) is 1. The minimum atomic E-state index is 0.501. The van der Waals surface area contributed by atoms with Crippen LogP contribution in [0.5, 0.6) is 0 Å². The zero-order valence-corrected chi connectivity index (χ0v) is 14.5. The Morgan fingerprint density at radius 2 is 1.86 bits per heavy atom. The molecule has 0 aliphatic rings. The van der Waals surface area contributed by atoms with Crippen LogP contribution in [0, 0.1) is 12.8 Å². The van der Waals surface area contributed by atoms with Crippen LogP contribution in [0.4, 0.5) is 5.69 Å². The Bertz CT molecular complexity index is 587. The highest BCUT2D eigenvalue weighted by molar-refractivity contribution is 5.91. The van der Waals surface area contributed by atoms with Gasteiger partial charge in [0.2, 0.25) is 0 Å². The van der Waals surface area contributed by atoms with E-state index < -0.39 is 0 Å². The van der Waals surface area contributed by atoms with Gasteiger partial charge in [-0.2, -0.15) is 0 Å². The molecule has 0 saturated carbocycles. The first kappa shape index (κ1) is 16.8. The third-order valence-corrected chi connectivity index (χ3v) is 4.70. The van der Waals surface area contributed by atoms with Gasteiger partial charge in [-0.1, -0.05) is 51.7 Å². The van der Waals surface area contributed by atoms with E-state index in [1.54, 1.807) is 0 Å². The van der Waals surface area contributed by atoms with E-state index in [1.165, 1.54) is 48.7 Å². The zero-order chi connectivity index (χ0) is 15.9. The normalized spacial score (nSPS) is 12.8. The number of hydrogen-bond donors (Lipinski definition) is 1. The molecular weight excluding hydrogens is 268 g/mol. The molecule has 2 aromatic rings. The summed E-state index contributed by atoms with van der Waals surface area (Å²) in [5, 5.41) is 4.90. The first-order valence-corrected chi connectivity index (χ1v) is 8.76. The number of nitrogens with one attached hydrogen (secondary N) is 1. The molecule has 0 spiro atoms. The minimum Gasteiger partial charge on any atom is -0.382 e. The fraction of sp³-hybridized carbons (Fsp3) is 0.550. The van der Waals surface area contributed by atoms with E-state index in [4.69, 9.17) is 0 Å². The smallest absolute Gasteiger partial charge is 0.0725 e. The molecule has 1 heterocycles. The van der Waals surface area contributed by atoms with Crippen LogP contribution in [-0.2, 0) is 0 Å². The number of rotatable bonds is 8. The van der Waals surface area contributed by atoms with Gasteiger partial charge in [0, 0.05) is 23.3 Å². The lowest BCUT2D eigenvalue weighted by Gasteiger charge is -2.18. The van der Waals surface area contributed by atoms with Crippen molar-refractivity contribution in [1.29, 1.82) is 0 Å². The van der Waals surface area contributed by atoms with Crippen molar-refractivity contribution in [3.63, 3.8) is 0 Å². The summed E-state index contributed by atoms with van der Waals surface area (Å²) >= 11 is 0. The Kier molecular flexibility index (Phi) is 6.23. The van der Waals surface area contributed by atoms with E-state index >= 15 is 0 Å². The molecule has 2 rings (SSSR count). The zero-order valence-electron chi connectivity index (χ0n) is 14.5. The maximum atomic E-state index is 4.48. The molecule has 2 nitrogen and oxygen atoms in total. The van der Waals surface area contributed by atoms with E-state index in [1.807, 2.05) is 6.20 Å². The lowest BCUT2D eigenvalue weighted by molar-refractivity contribution is 0.428. The number of aromatic nitrogens is 1. The standard InChI is InChI=1S/C20H30N2/c1-5-17(6-2)9-7-8-16(4)22-19-12-13-21-20-14-15(3)10-11-18(19)20/h10-14,16-17H,5-9H2,1-4H3,(H,21,22). The largest absolute Gasteiger partial charge is 0.382 e. The average molecular weight is 298 g/mol. The maximum Gasteiger partial charge on any atom is 0.0725 e. The van der Waals surface area contributed by atoms with E-state index in [2.05, 4.69) is 62.3 Å². The van der Waals surface area contributed by atoms with Crippen molar-refractivity contribution in [3.8, 4) is 0 Å². The molecule has 0 aliphatic carbocycles. The van der Waals surface area contributed by atoms with Crippen molar-refractivity contribution in [2.24, 2.45) is 5.92 Å². The molecule has 22 heavy (non-hydrogen) atoms. The van der Waals surface area contributed by atoms with Gasteiger partial charge >= 0.3 is 0 Å². The average Bonchev–Trinajstić information content (AvgIpc) is 2.51. The molecule has 1 unspecified atom stereocenters. The molecule has 0 amide bonds. The number of fused-ring (bicyclic) bond motifs is 1. The molecule has 1 atom stereocenters. The second kappa shape index (κ2) is 8.17. The van der Waals surface area contributed by atoms with Crippen molar-refractivity contribution < 1.29 is 0 Å². The van der Waals surface area contributed by atoms with Gasteiger partial charge in [0.15, 0.2) is 0 Å². The summed E-state index contributed by atoms with van der Waals surface area (Å²) < 4.78 is 0. The van der Waals surface area contributed by atoms with Crippen molar-refractivity contribution in [2.75, 3.05) is 5.32 Å². The predicted molar refractivity (Wildman–Crippen MR) is 97.5 cm³/mol. The van der Waals surface area contributed by atoms with E-state index in [9.17, 15) is 0 Å². The summed E-state index contributed by atoms with van der Waals surface area (Å²) in [4.78, 5) is 4.48. The Hall–Kier alpha value is -1.57. The SMILES string of the molecule is CCC(CC)CCCC(C)Nc1ccnc2cc(C)ccc12. The molecule has 120 valence electrons. The van der Waals surface area contributed by atoms with Crippen molar-refractivity contribution in [2.45, 2.75) is 65.8 Å². The van der Waals surface area contributed by atoms with Gasteiger partial charge in [0.1, 0.15) is 0 Å². The van der Waals surface area contributed by atoms with Crippen LogP contribution in [0.1, 0.15) is 58.4 Å². The maximum absolute atomic E-state index is 4.48. The van der Waals surface area contributed by atoms with Crippen molar-refractivity contribution >= 4 is 16.6 Å². The summed E-state index contributed by atoms with van der Waals surface area (Å²) in [6.45, 7) is 9.01. The van der Waals surface area contributed by atoms with Crippen LogP contribution < -0.4 is 5.32 Å².